The van der Waals surface area contributed by atoms with Crippen LogP contribution in [0.1, 0.15) is 29.9 Å². The van der Waals surface area contributed by atoms with Gasteiger partial charge in [-0.05, 0) is 30.7 Å². The van der Waals surface area contributed by atoms with Crippen LogP contribution in [0.25, 0.3) is 0 Å². The molecular formula is C16H18N2O3. The van der Waals surface area contributed by atoms with Crippen LogP contribution < -0.4 is 4.90 Å². The Morgan fingerprint density at radius 2 is 1.95 bits per heavy atom. The summed E-state index contributed by atoms with van der Waals surface area (Å²) in [6.07, 6.45) is 1.71. The minimum atomic E-state index is -0.391. The molecule has 110 valence electrons. The highest BCUT2D eigenvalue weighted by Crippen LogP contribution is 2.17. The van der Waals surface area contributed by atoms with Crippen LogP contribution in [0.15, 0.2) is 42.6 Å². The first-order chi connectivity index (χ1) is 10.1. The van der Waals surface area contributed by atoms with E-state index < -0.39 is 5.97 Å². The highest BCUT2D eigenvalue weighted by Gasteiger charge is 2.15. The van der Waals surface area contributed by atoms with Gasteiger partial charge in [0.2, 0.25) is 5.91 Å². The van der Waals surface area contributed by atoms with Crippen molar-refractivity contribution in [2.75, 3.05) is 11.5 Å². The van der Waals surface area contributed by atoms with Gasteiger partial charge in [-0.3, -0.25) is 4.79 Å². The topological polar surface area (TPSA) is 62.4 Å². The summed E-state index contributed by atoms with van der Waals surface area (Å²) in [5.41, 5.74) is 2.06. The predicted octanol–water partition coefficient (Wildman–Crippen LogP) is 2.74. The molecule has 0 aliphatic heterocycles. The number of rotatable bonds is 5. The second kappa shape index (κ2) is 6.74. The van der Waals surface area contributed by atoms with E-state index in [0.29, 0.717) is 18.8 Å². The first-order valence-corrected chi connectivity index (χ1v) is 6.79. The quantitative estimate of drug-likeness (QED) is 0.860. The Morgan fingerprint density at radius 1 is 1.24 bits per heavy atom. The number of aromatic amines is 1. The Bertz CT molecular complexity index is 619. The van der Waals surface area contributed by atoms with Crippen molar-refractivity contribution >= 4 is 17.6 Å². The molecule has 2 aromatic rings. The average Bonchev–Trinajstić information content (AvgIpc) is 2.94. The zero-order chi connectivity index (χ0) is 15.2. The van der Waals surface area contributed by atoms with Crippen LogP contribution >= 0.6 is 0 Å². The van der Waals surface area contributed by atoms with Crippen LogP contribution in [0.3, 0.4) is 0 Å². The van der Waals surface area contributed by atoms with Gasteiger partial charge in [-0.15, -0.1) is 0 Å². The lowest BCUT2D eigenvalue weighted by molar-refractivity contribution is -0.116. The van der Waals surface area contributed by atoms with Gasteiger partial charge in [-0.2, -0.15) is 0 Å². The minimum absolute atomic E-state index is 0.0555. The van der Waals surface area contributed by atoms with Crippen molar-refractivity contribution in [1.82, 2.24) is 4.98 Å². The smallest absolute Gasteiger partial charge is 0.354 e. The Hall–Kier alpha value is -2.56. The Morgan fingerprint density at radius 3 is 2.57 bits per heavy atom. The maximum absolute atomic E-state index is 11.8. The van der Waals surface area contributed by atoms with Crippen LogP contribution in [0.4, 0.5) is 5.69 Å². The number of hydrogen-bond donors (Lipinski definition) is 1. The number of esters is 1. The van der Waals surface area contributed by atoms with Crippen molar-refractivity contribution in [3.05, 3.63) is 53.9 Å². The van der Waals surface area contributed by atoms with E-state index in [1.54, 1.807) is 24.1 Å². The van der Waals surface area contributed by atoms with Gasteiger partial charge in [-0.25, -0.2) is 4.79 Å². The van der Waals surface area contributed by atoms with E-state index in [2.05, 4.69) is 4.98 Å². The number of ether oxygens (including phenoxy) is 1. The molecule has 0 atom stereocenters. The number of nitrogens with zero attached hydrogens (tertiary/aromatic N) is 1. The molecule has 0 saturated heterocycles. The van der Waals surface area contributed by atoms with Crippen LogP contribution in [0, 0.1) is 0 Å². The molecule has 2 rings (SSSR count). The van der Waals surface area contributed by atoms with Crippen molar-refractivity contribution in [3.8, 4) is 0 Å². The third-order valence-electron chi connectivity index (χ3n) is 3.03. The third-order valence-corrected chi connectivity index (χ3v) is 3.03. The molecule has 0 spiro atoms. The van der Waals surface area contributed by atoms with Crippen LogP contribution in [0.2, 0.25) is 0 Å². The van der Waals surface area contributed by atoms with E-state index in [4.69, 9.17) is 4.74 Å². The normalized spacial score (nSPS) is 10.2. The van der Waals surface area contributed by atoms with E-state index in [1.807, 2.05) is 30.3 Å². The molecule has 0 fully saturated rings. The van der Waals surface area contributed by atoms with Gasteiger partial charge in [0.15, 0.2) is 0 Å². The monoisotopic (exact) mass is 286 g/mol. The van der Waals surface area contributed by atoms with Gasteiger partial charge >= 0.3 is 5.97 Å². The number of carbonyl (C=O) groups excluding carboxylic acids is 2. The molecule has 1 amide bonds. The molecule has 1 N–H and O–H groups in total. The van der Waals surface area contributed by atoms with Crippen LogP contribution in [0.5, 0.6) is 0 Å². The Balaban J connectivity index is 2.15. The summed E-state index contributed by atoms with van der Waals surface area (Å²) in [7, 11) is 0. The van der Waals surface area contributed by atoms with Gasteiger partial charge in [0.25, 0.3) is 0 Å². The summed E-state index contributed by atoms with van der Waals surface area (Å²) >= 11 is 0. The summed E-state index contributed by atoms with van der Waals surface area (Å²) in [4.78, 5) is 28.0. The third kappa shape index (κ3) is 3.72. The molecular weight excluding hydrogens is 268 g/mol. The van der Waals surface area contributed by atoms with Crippen molar-refractivity contribution in [2.45, 2.75) is 20.4 Å². The fourth-order valence-electron chi connectivity index (χ4n) is 2.03. The number of amides is 1. The first-order valence-electron chi connectivity index (χ1n) is 6.79. The molecule has 1 heterocycles. The molecule has 0 saturated carbocycles. The maximum Gasteiger partial charge on any atom is 0.354 e. The predicted molar refractivity (Wildman–Crippen MR) is 80.1 cm³/mol. The summed E-state index contributed by atoms with van der Waals surface area (Å²) in [5, 5.41) is 0. The number of aromatic nitrogens is 1. The number of nitrogens with one attached hydrogen (secondary N) is 1. The molecule has 0 bridgehead atoms. The summed E-state index contributed by atoms with van der Waals surface area (Å²) in [6, 6.07) is 11.1. The number of H-pyrrole nitrogens is 1. The van der Waals surface area contributed by atoms with Crippen molar-refractivity contribution in [3.63, 3.8) is 0 Å². The fourth-order valence-corrected chi connectivity index (χ4v) is 2.03. The van der Waals surface area contributed by atoms with Gasteiger partial charge in [-0.1, -0.05) is 18.2 Å². The van der Waals surface area contributed by atoms with E-state index in [1.165, 1.54) is 6.92 Å². The van der Waals surface area contributed by atoms with Crippen molar-refractivity contribution in [2.24, 2.45) is 0 Å². The second-order valence-electron chi connectivity index (χ2n) is 4.58. The van der Waals surface area contributed by atoms with Crippen LogP contribution in [-0.2, 0) is 16.1 Å². The zero-order valence-electron chi connectivity index (χ0n) is 12.1. The molecule has 0 aliphatic carbocycles. The fraction of sp³-hybridized carbons (Fsp3) is 0.250. The summed E-state index contributed by atoms with van der Waals surface area (Å²) in [6.45, 7) is 4.01. The molecule has 0 radical (unpaired) electrons. The van der Waals surface area contributed by atoms with Crippen molar-refractivity contribution < 1.29 is 14.3 Å². The molecule has 1 aromatic heterocycles. The molecule has 0 aliphatic rings. The lowest BCUT2D eigenvalue weighted by atomic mass is 10.2. The number of anilines is 1. The number of carbonyl (C=O) groups is 2. The highest BCUT2D eigenvalue weighted by atomic mass is 16.5. The second-order valence-corrected chi connectivity index (χ2v) is 4.58. The maximum atomic E-state index is 11.8. The zero-order valence-corrected chi connectivity index (χ0v) is 12.1. The van der Waals surface area contributed by atoms with Gasteiger partial charge in [0, 0.05) is 18.8 Å². The SMILES string of the molecule is CCOC(=O)c1cc(CN(C(C)=O)c2ccccc2)c[nH]1. The summed E-state index contributed by atoms with van der Waals surface area (Å²) in [5.74, 6) is -0.446. The van der Waals surface area contributed by atoms with Crippen LogP contribution in [-0.4, -0.2) is 23.5 Å². The van der Waals surface area contributed by atoms with E-state index in [0.717, 1.165) is 11.3 Å². The van der Waals surface area contributed by atoms with E-state index >= 15 is 0 Å². The Kier molecular flexibility index (Phi) is 4.77. The lowest BCUT2D eigenvalue weighted by Gasteiger charge is -2.20. The van der Waals surface area contributed by atoms with Gasteiger partial charge in [0.1, 0.15) is 5.69 Å². The standard InChI is InChI=1S/C16H18N2O3/c1-3-21-16(20)15-9-13(10-17-15)11-18(12(2)19)14-7-5-4-6-8-14/h4-10,17H,3,11H2,1-2H3. The van der Waals surface area contributed by atoms with E-state index in [9.17, 15) is 9.59 Å². The largest absolute Gasteiger partial charge is 0.461 e. The van der Waals surface area contributed by atoms with E-state index in [-0.39, 0.29) is 5.91 Å². The van der Waals surface area contributed by atoms with Crippen molar-refractivity contribution in [1.29, 1.82) is 0 Å². The highest BCUT2D eigenvalue weighted by molar-refractivity contribution is 5.91. The number of para-hydroxylation sites is 1. The van der Waals surface area contributed by atoms with Gasteiger partial charge < -0.3 is 14.6 Å². The molecule has 5 nitrogen and oxygen atoms in total. The number of benzene rings is 1. The lowest BCUT2D eigenvalue weighted by Crippen LogP contribution is -2.27. The first kappa shape index (κ1) is 14.8. The minimum Gasteiger partial charge on any atom is -0.461 e. The number of hydrogen-bond acceptors (Lipinski definition) is 3. The molecule has 1 aromatic carbocycles. The molecule has 0 unspecified atom stereocenters. The molecule has 21 heavy (non-hydrogen) atoms. The van der Waals surface area contributed by atoms with Gasteiger partial charge in [0.05, 0.1) is 13.2 Å². The Labute approximate surface area is 123 Å². The summed E-state index contributed by atoms with van der Waals surface area (Å²) < 4.78 is 4.93. The molecule has 5 heteroatoms. The average molecular weight is 286 g/mol.